The van der Waals surface area contributed by atoms with Crippen LogP contribution in [0, 0.1) is 5.92 Å². The van der Waals surface area contributed by atoms with Gasteiger partial charge in [0.1, 0.15) is 28.7 Å². The van der Waals surface area contributed by atoms with Crippen LogP contribution in [0.2, 0.25) is 5.02 Å². The minimum absolute atomic E-state index is 0.00317. The maximum atomic E-state index is 14.5. The highest BCUT2D eigenvalue weighted by Gasteiger charge is 2.63. The third-order valence-corrected chi connectivity index (χ3v) is 7.98. The predicted molar refractivity (Wildman–Crippen MR) is 147 cm³/mol. The molecule has 40 heavy (non-hydrogen) atoms. The molecule has 0 aromatic heterocycles. The second-order valence-electron chi connectivity index (χ2n) is 10.3. The molecule has 2 aromatic rings. The van der Waals surface area contributed by atoms with Crippen LogP contribution in [0.5, 0.6) is 28.7 Å². The second-order valence-corrected chi connectivity index (χ2v) is 10.6. The molecular weight excluding hydrogens is 538 g/mol. The number of fused-ring (bicyclic) bond motifs is 1. The molecule has 3 atom stereocenters. The molecular formula is C30H30ClNO8. The molecule has 2 heterocycles. The van der Waals surface area contributed by atoms with Gasteiger partial charge in [0.05, 0.1) is 21.3 Å². The number of ether oxygens (including phenoxy) is 5. The van der Waals surface area contributed by atoms with Gasteiger partial charge in [0.2, 0.25) is 23.1 Å². The summed E-state index contributed by atoms with van der Waals surface area (Å²) in [5.74, 6) is -1.10. The van der Waals surface area contributed by atoms with Gasteiger partial charge in [-0.05, 0) is 36.6 Å². The van der Waals surface area contributed by atoms with Crippen LogP contribution in [0.3, 0.4) is 0 Å². The van der Waals surface area contributed by atoms with E-state index in [0.29, 0.717) is 34.9 Å². The summed E-state index contributed by atoms with van der Waals surface area (Å²) in [6.45, 7) is 7.76. The number of Topliss-reactive ketones (excluding diaryl/α,β-unsaturated/α-hetero) is 2. The van der Waals surface area contributed by atoms with Gasteiger partial charge in [0.25, 0.3) is 0 Å². The van der Waals surface area contributed by atoms with E-state index in [0.717, 1.165) is 5.57 Å². The van der Waals surface area contributed by atoms with Crippen LogP contribution in [0.4, 0.5) is 0 Å². The number of nitrogens with one attached hydrogen (secondary N) is 1. The number of halogens is 1. The van der Waals surface area contributed by atoms with E-state index < -0.39 is 29.0 Å². The number of allylic oxidation sites excluding steroid dienone is 1. The maximum Gasteiger partial charge on any atom is 0.236 e. The molecule has 3 aliphatic rings. The highest BCUT2D eigenvalue weighted by atomic mass is 35.5. The molecule has 1 amide bonds. The lowest BCUT2D eigenvalue weighted by Crippen LogP contribution is -2.59. The molecule has 0 fully saturated rings. The van der Waals surface area contributed by atoms with E-state index in [9.17, 15) is 14.4 Å². The normalized spacial score (nSPS) is 23.3. The summed E-state index contributed by atoms with van der Waals surface area (Å²) in [5.41, 5.74) is 0.523. The first-order chi connectivity index (χ1) is 19.1. The number of hydrogen-bond acceptors (Lipinski definition) is 8. The fourth-order valence-corrected chi connectivity index (χ4v) is 5.96. The third kappa shape index (κ3) is 4.11. The number of carbonyl (C=O) groups excluding carboxylic acids is 3. The molecule has 1 N–H and O–H groups in total. The number of ketones is 2. The van der Waals surface area contributed by atoms with Gasteiger partial charge in [0, 0.05) is 35.6 Å². The summed E-state index contributed by atoms with van der Waals surface area (Å²) < 4.78 is 28.4. The zero-order valence-corrected chi connectivity index (χ0v) is 23.7. The van der Waals surface area contributed by atoms with Crippen molar-refractivity contribution in [3.05, 3.63) is 63.8 Å². The quantitative estimate of drug-likeness (QED) is 0.375. The lowest BCUT2D eigenvalue weighted by atomic mass is 9.66. The standard InChI is InChI=1S/C30H30ClNO8/c1-14(2)13-39-19-8-7-16(10-20(19)36-4)17-11-23(33)32-18-9-15(3)30(28(34)24(17)18)29(35)25-21(37-5)12-22(38-6)26(31)27(25)40-30/h7-8,10,12,15,17H,1,9,11,13H2,2-6H3,(H,32,33). The Labute approximate surface area is 237 Å². The fraction of sp³-hybridized carbons (Fsp3) is 0.367. The van der Waals surface area contributed by atoms with Gasteiger partial charge < -0.3 is 29.0 Å². The van der Waals surface area contributed by atoms with Crippen LogP contribution in [0.1, 0.15) is 48.5 Å². The summed E-state index contributed by atoms with van der Waals surface area (Å²) in [6.07, 6.45) is 0.236. The van der Waals surface area contributed by atoms with Gasteiger partial charge in [-0.1, -0.05) is 31.2 Å². The Morgan fingerprint density at radius 1 is 1.02 bits per heavy atom. The Morgan fingerprint density at radius 2 is 1.73 bits per heavy atom. The zero-order valence-electron chi connectivity index (χ0n) is 22.9. The molecule has 0 radical (unpaired) electrons. The van der Waals surface area contributed by atoms with E-state index in [1.54, 1.807) is 25.1 Å². The highest BCUT2D eigenvalue weighted by molar-refractivity contribution is 6.36. The Balaban J connectivity index is 1.60. The number of amides is 1. The van der Waals surface area contributed by atoms with Crippen LogP contribution >= 0.6 is 11.6 Å². The van der Waals surface area contributed by atoms with Crippen molar-refractivity contribution in [3.8, 4) is 28.7 Å². The van der Waals surface area contributed by atoms with Gasteiger partial charge in [-0.2, -0.15) is 0 Å². The number of benzene rings is 2. The zero-order chi connectivity index (χ0) is 28.9. The lowest BCUT2D eigenvalue weighted by molar-refractivity contribution is -0.131. The average molecular weight is 568 g/mol. The SMILES string of the molecule is C=C(C)COc1ccc(C2CC(=O)NC3=C2C(=O)C2(Oc4c(Cl)c(OC)cc(OC)c4C2=O)C(C)C3)cc1OC. The first-order valence-electron chi connectivity index (χ1n) is 12.8. The largest absolute Gasteiger partial charge is 0.496 e. The minimum atomic E-state index is -1.88. The van der Waals surface area contributed by atoms with E-state index in [1.165, 1.54) is 27.4 Å². The van der Waals surface area contributed by atoms with E-state index in [2.05, 4.69) is 11.9 Å². The number of carbonyl (C=O) groups is 3. The fourth-order valence-electron chi connectivity index (χ4n) is 5.70. The van der Waals surface area contributed by atoms with E-state index >= 15 is 0 Å². The third-order valence-electron chi connectivity index (χ3n) is 7.62. The van der Waals surface area contributed by atoms with E-state index in [1.807, 2.05) is 6.92 Å². The van der Waals surface area contributed by atoms with Gasteiger partial charge in [0.15, 0.2) is 17.2 Å². The van der Waals surface area contributed by atoms with Crippen molar-refractivity contribution in [2.24, 2.45) is 5.92 Å². The summed E-state index contributed by atoms with van der Waals surface area (Å²) in [5, 5.41) is 2.94. The van der Waals surface area contributed by atoms with Crippen molar-refractivity contribution in [3.63, 3.8) is 0 Å². The first-order valence-corrected chi connectivity index (χ1v) is 13.2. The van der Waals surface area contributed by atoms with Crippen LogP contribution < -0.4 is 29.0 Å². The topological polar surface area (TPSA) is 109 Å². The highest BCUT2D eigenvalue weighted by Crippen LogP contribution is 2.55. The maximum absolute atomic E-state index is 14.5. The van der Waals surface area contributed by atoms with Crippen molar-refractivity contribution >= 4 is 29.1 Å². The molecule has 5 rings (SSSR count). The van der Waals surface area contributed by atoms with Crippen molar-refractivity contribution in [1.29, 1.82) is 0 Å². The molecule has 2 aliphatic heterocycles. The summed E-state index contributed by atoms with van der Waals surface area (Å²) in [7, 11) is 4.36. The number of rotatable bonds is 7. The van der Waals surface area contributed by atoms with Crippen molar-refractivity contribution < 1.29 is 38.1 Å². The van der Waals surface area contributed by atoms with Crippen molar-refractivity contribution in [2.45, 2.75) is 38.2 Å². The number of methoxy groups -OCH3 is 3. The molecule has 10 heteroatoms. The number of hydrogen-bond donors (Lipinski definition) is 1. The molecule has 0 bridgehead atoms. The Hall–Kier alpha value is -3.98. The Kier molecular flexibility index (Phi) is 7.04. The lowest BCUT2D eigenvalue weighted by Gasteiger charge is -2.41. The van der Waals surface area contributed by atoms with Crippen LogP contribution in [-0.2, 0) is 9.59 Å². The first kappa shape index (κ1) is 27.6. The minimum Gasteiger partial charge on any atom is -0.496 e. The monoisotopic (exact) mass is 567 g/mol. The van der Waals surface area contributed by atoms with Crippen LogP contribution in [0.25, 0.3) is 0 Å². The Morgan fingerprint density at radius 3 is 2.38 bits per heavy atom. The van der Waals surface area contributed by atoms with Gasteiger partial charge in [-0.25, -0.2) is 0 Å². The van der Waals surface area contributed by atoms with Crippen LogP contribution in [-0.4, -0.2) is 51.0 Å². The van der Waals surface area contributed by atoms with E-state index in [4.69, 9.17) is 35.3 Å². The van der Waals surface area contributed by atoms with E-state index in [-0.39, 0.29) is 46.6 Å². The summed E-state index contributed by atoms with van der Waals surface area (Å²) in [4.78, 5) is 41.4. The molecule has 1 spiro atoms. The molecule has 9 nitrogen and oxygen atoms in total. The summed E-state index contributed by atoms with van der Waals surface area (Å²) >= 11 is 6.55. The van der Waals surface area contributed by atoms with Crippen molar-refractivity contribution in [2.75, 3.05) is 27.9 Å². The predicted octanol–water partition coefficient (Wildman–Crippen LogP) is 4.80. The van der Waals surface area contributed by atoms with Crippen LogP contribution in [0.15, 0.2) is 47.7 Å². The average Bonchev–Trinajstić information content (AvgIpc) is 3.25. The molecule has 0 saturated heterocycles. The molecule has 210 valence electrons. The van der Waals surface area contributed by atoms with Gasteiger partial charge in [-0.15, -0.1) is 0 Å². The molecule has 3 unspecified atom stereocenters. The molecule has 0 saturated carbocycles. The smallest absolute Gasteiger partial charge is 0.236 e. The molecule has 1 aliphatic carbocycles. The van der Waals surface area contributed by atoms with Gasteiger partial charge >= 0.3 is 0 Å². The van der Waals surface area contributed by atoms with Gasteiger partial charge in [-0.3, -0.25) is 14.4 Å². The molecule has 2 aromatic carbocycles. The van der Waals surface area contributed by atoms with Crippen molar-refractivity contribution in [1.82, 2.24) is 5.32 Å². The summed E-state index contributed by atoms with van der Waals surface area (Å²) in [6, 6.07) is 6.77. The second kappa shape index (κ2) is 10.2. The Bertz CT molecular complexity index is 1500.